The molecular weight excluding hydrogens is 252 g/mol. The van der Waals surface area contributed by atoms with Crippen LogP contribution in [0.5, 0.6) is 0 Å². The van der Waals surface area contributed by atoms with Crippen molar-refractivity contribution in [2.24, 2.45) is 0 Å². The Morgan fingerprint density at radius 3 is 2.88 bits per heavy atom. The van der Waals surface area contributed by atoms with Gasteiger partial charge in [-0.25, -0.2) is 4.98 Å². The first-order valence-electron chi connectivity index (χ1n) is 5.57. The number of nitrogens with zero attached hydrogens (tertiary/aromatic N) is 1. The summed E-state index contributed by atoms with van der Waals surface area (Å²) in [4.78, 5) is 4.65. The van der Waals surface area contributed by atoms with E-state index < -0.39 is 0 Å². The zero-order valence-corrected chi connectivity index (χ0v) is 11.5. The molecule has 0 bridgehead atoms. The van der Waals surface area contributed by atoms with Crippen LogP contribution in [0.4, 0.5) is 0 Å². The van der Waals surface area contributed by atoms with Crippen LogP contribution in [0, 0.1) is 0 Å². The van der Waals surface area contributed by atoms with Gasteiger partial charge in [-0.2, -0.15) is 0 Å². The number of likely N-dealkylation sites (N-methyl/N-ethyl adjacent to an activating group) is 1. The van der Waals surface area contributed by atoms with E-state index >= 15 is 0 Å². The average molecular weight is 267 g/mol. The van der Waals surface area contributed by atoms with E-state index in [1.54, 1.807) is 11.3 Å². The monoisotopic (exact) mass is 266 g/mol. The van der Waals surface area contributed by atoms with Gasteiger partial charge in [0.25, 0.3) is 0 Å². The lowest BCUT2D eigenvalue weighted by Gasteiger charge is -2.06. The largest absolute Gasteiger partial charge is 0.319 e. The van der Waals surface area contributed by atoms with E-state index in [0.29, 0.717) is 5.92 Å². The van der Waals surface area contributed by atoms with E-state index in [0.717, 1.165) is 27.8 Å². The number of rotatable bonds is 4. The number of hydrogen-bond acceptors (Lipinski definition) is 3. The van der Waals surface area contributed by atoms with Crippen LogP contribution in [0.2, 0.25) is 5.02 Å². The highest BCUT2D eigenvalue weighted by atomic mass is 35.5. The molecule has 0 aliphatic rings. The zero-order valence-electron chi connectivity index (χ0n) is 9.90. The third kappa shape index (κ3) is 2.86. The molecule has 17 heavy (non-hydrogen) atoms. The molecule has 1 heterocycles. The average Bonchev–Trinajstić information content (AvgIpc) is 2.79. The standard InChI is InChI=1S/C13H15ClN2S/c1-9(7-15-2)13-16-12(8-17-13)10-5-3-4-6-11(10)14/h3-6,8-9,15H,7H2,1-2H3. The Kier molecular flexibility index (Phi) is 4.15. The normalized spacial score (nSPS) is 12.6. The van der Waals surface area contributed by atoms with Gasteiger partial charge in [-0.1, -0.05) is 36.7 Å². The third-order valence-corrected chi connectivity index (χ3v) is 4.01. The van der Waals surface area contributed by atoms with Gasteiger partial charge < -0.3 is 5.32 Å². The van der Waals surface area contributed by atoms with E-state index in [-0.39, 0.29) is 0 Å². The summed E-state index contributed by atoms with van der Waals surface area (Å²) in [5.41, 5.74) is 1.98. The Bertz CT molecular complexity index is 496. The molecule has 0 radical (unpaired) electrons. The second-order valence-electron chi connectivity index (χ2n) is 4.01. The molecule has 1 atom stereocenters. The van der Waals surface area contributed by atoms with Crippen molar-refractivity contribution in [3.8, 4) is 11.3 Å². The maximum Gasteiger partial charge on any atom is 0.0973 e. The van der Waals surface area contributed by atoms with Crippen LogP contribution < -0.4 is 5.32 Å². The van der Waals surface area contributed by atoms with Crippen molar-refractivity contribution in [2.45, 2.75) is 12.8 Å². The lowest BCUT2D eigenvalue weighted by Crippen LogP contribution is -2.14. The van der Waals surface area contributed by atoms with Crippen LogP contribution >= 0.6 is 22.9 Å². The fraction of sp³-hybridized carbons (Fsp3) is 0.308. The number of hydrogen-bond donors (Lipinski definition) is 1. The summed E-state index contributed by atoms with van der Waals surface area (Å²) in [7, 11) is 1.96. The van der Waals surface area contributed by atoms with E-state index in [4.69, 9.17) is 11.6 Å². The molecule has 0 amide bonds. The fourth-order valence-corrected chi connectivity index (χ4v) is 2.81. The van der Waals surface area contributed by atoms with Crippen LogP contribution in [-0.4, -0.2) is 18.6 Å². The van der Waals surface area contributed by atoms with Crippen molar-refractivity contribution in [3.63, 3.8) is 0 Å². The number of aromatic nitrogens is 1. The van der Waals surface area contributed by atoms with E-state index in [1.165, 1.54) is 0 Å². The molecule has 0 saturated heterocycles. The highest BCUT2D eigenvalue weighted by molar-refractivity contribution is 7.10. The minimum atomic E-state index is 0.432. The van der Waals surface area contributed by atoms with Crippen LogP contribution in [0.25, 0.3) is 11.3 Å². The first-order chi connectivity index (χ1) is 8.22. The summed E-state index contributed by atoms with van der Waals surface area (Å²) >= 11 is 7.85. The zero-order chi connectivity index (χ0) is 12.3. The van der Waals surface area contributed by atoms with E-state index in [1.807, 2.05) is 31.3 Å². The molecule has 0 aliphatic heterocycles. The van der Waals surface area contributed by atoms with Gasteiger partial charge in [-0.05, 0) is 13.1 Å². The maximum atomic E-state index is 6.16. The van der Waals surface area contributed by atoms with Gasteiger partial charge in [-0.15, -0.1) is 11.3 Å². The number of thiazole rings is 1. The Morgan fingerprint density at radius 2 is 2.18 bits per heavy atom. The van der Waals surface area contributed by atoms with Gasteiger partial charge in [0, 0.05) is 28.4 Å². The van der Waals surface area contributed by atoms with Crippen molar-refractivity contribution in [2.75, 3.05) is 13.6 Å². The van der Waals surface area contributed by atoms with Crippen LogP contribution in [0.15, 0.2) is 29.6 Å². The van der Waals surface area contributed by atoms with Gasteiger partial charge in [0.15, 0.2) is 0 Å². The SMILES string of the molecule is CNCC(C)c1nc(-c2ccccc2Cl)cs1. The number of benzene rings is 1. The van der Waals surface area contributed by atoms with Gasteiger partial charge in [0.2, 0.25) is 0 Å². The molecule has 0 fully saturated rings. The van der Waals surface area contributed by atoms with Crippen molar-refractivity contribution in [1.29, 1.82) is 0 Å². The highest BCUT2D eigenvalue weighted by Crippen LogP contribution is 2.30. The minimum Gasteiger partial charge on any atom is -0.319 e. The number of nitrogens with one attached hydrogen (secondary N) is 1. The summed E-state index contributed by atoms with van der Waals surface area (Å²) < 4.78 is 0. The lowest BCUT2D eigenvalue weighted by molar-refractivity contribution is 0.674. The molecule has 0 saturated carbocycles. The van der Waals surface area contributed by atoms with Crippen molar-refractivity contribution >= 4 is 22.9 Å². The first-order valence-corrected chi connectivity index (χ1v) is 6.83. The summed E-state index contributed by atoms with van der Waals surface area (Å²) in [6.45, 7) is 3.11. The van der Waals surface area contributed by atoms with Gasteiger partial charge >= 0.3 is 0 Å². The molecule has 4 heteroatoms. The molecule has 2 nitrogen and oxygen atoms in total. The fourth-order valence-electron chi connectivity index (χ4n) is 1.70. The van der Waals surface area contributed by atoms with Crippen LogP contribution in [0.3, 0.4) is 0 Å². The van der Waals surface area contributed by atoms with Gasteiger partial charge in [0.05, 0.1) is 10.7 Å². The Morgan fingerprint density at radius 1 is 1.41 bits per heavy atom. The molecule has 1 unspecified atom stereocenters. The van der Waals surface area contributed by atoms with Crippen LogP contribution in [-0.2, 0) is 0 Å². The molecule has 1 aromatic heterocycles. The molecular formula is C13H15ClN2S. The smallest absolute Gasteiger partial charge is 0.0973 e. The second kappa shape index (κ2) is 5.63. The molecule has 90 valence electrons. The van der Waals surface area contributed by atoms with E-state index in [9.17, 15) is 0 Å². The molecule has 0 spiro atoms. The van der Waals surface area contributed by atoms with Gasteiger partial charge in [0.1, 0.15) is 0 Å². The van der Waals surface area contributed by atoms with Gasteiger partial charge in [-0.3, -0.25) is 0 Å². The van der Waals surface area contributed by atoms with Crippen molar-refractivity contribution < 1.29 is 0 Å². The molecule has 1 aromatic carbocycles. The number of halogens is 1. The molecule has 2 rings (SSSR count). The third-order valence-electron chi connectivity index (χ3n) is 2.60. The summed E-state index contributed by atoms with van der Waals surface area (Å²) in [6, 6.07) is 7.82. The van der Waals surface area contributed by atoms with Crippen molar-refractivity contribution in [3.05, 3.63) is 39.7 Å². The first kappa shape index (κ1) is 12.6. The topological polar surface area (TPSA) is 24.9 Å². The Balaban J connectivity index is 2.27. The highest BCUT2D eigenvalue weighted by Gasteiger charge is 2.12. The summed E-state index contributed by atoms with van der Waals surface area (Å²) in [5, 5.41) is 7.14. The quantitative estimate of drug-likeness (QED) is 0.911. The predicted molar refractivity (Wildman–Crippen MR) is 74.9 cm³/mol. The van der Waals surface area contributed by atoms with E-state index in [2.05, 4.69) is 22.6 Å². The Hall–Kier alpha value is -0.900. The molecule has 0 aliphatic carbocycles. The maximum absolute atomic E-state index is 6.16. The predicted octanol–water partition coefficient (Wildman–Crippen LogP) is 3.79. The summed E-state index contributed by atoms with van der Waals surface area (Å²) in [6.07, 6.45) is 0. The Labute approximate surface area is 111 Å². The molecule has 2 aromatic rings. The minimum absolute atomic E-state index is 0.432. The lowest BCUT2D eigenvalue weighted by atomic mass is 10.1. The van der Waals surface area contributed by atoms with Crippen LogP contribution in [0.1, 0.15) is 17.8 Å². The summed E-state index contributed by atoms with van der Waals surface area (Å²) in [5.74, 6) is 0.432. The van der Waals surface area contributed by atoms with Crippen molar-refractivity contribution in [1.82, 2.24) is 10.3 Å². The molecule has 1 N–H and O–H groups in total. The second-order valence-corrected chi connectivity index (χ2v) is 5.31.